The van der Waals surface area contributed by atoms with Crippen molar-refractivity contribution >= 4 is 23.3 Å². The molecule has 0 unspecified atom stereocenters. The predicted molar refractivity (Wildman–Crippen MR) is 103 cm³/mol. The number of benzene rings is 2. The largest absolute Gasteiger partial charge is 0.366 e. The Hall–Kier alpha value is -2.92. The maximum absolute atomic E-state index is 12.4. The van der Waals surface area contributed by atoms with Crippen LogP contribution in [-0.2, 0) is 13.1 Å². The van der Waals surface area contributed by atoms with Crippen molar-refractivity contribution in [3.63, 3.8) is 0 Å². The van der Waals surface area contributed by atoms with Gasteiger partial charge in [0.2, 0.25) is 0 Å². The normalized spacial score (nSPS) is 10.4. The minimum atomic E-state index is -0.239. The molecule has 6 heteroatoms. The van der Waals surface area contributed by atoms with Crippen LogP contribution >= 0.6 is 11.6 Å². The van der Waals surface area contributed by atoms with Gasteiger partial charge in [0, 0.05) is 24.2 Å². The zero-order valence-electron chi connectivity index (χ0n) is 14.4. The van der Waals surface area contributed by atoms with E-state index in [0.29, 0.717) is 29.6 Å². The molecule has 0 saturated carbocycles. The molecule has 0 aliphatic heterocycles. The van der Waals surface area contributed by atoms with E-state index in [-0.39, 0.29) is 5.91 Å². The van der Waals surface area contributed by atoms with Crippen molar-refractivity contribution in [1.82, 2.24) is 15.3 Å². The van der Waals surface area contributed by atoms with Crippen LogP contribution in [0.15, 0.2) is 60.9 Å². The molecular weight excluding hydrogens is 348 g/mol. The summed E-state index contributed by atoms with van der Waals surface area (Å²) in [5.41, 5.74) is 3.48. The summed E-state index contributed by atoms with van der Waals surface area (Å²) in [6.07, 6.45) is 1.37. The number of aryl methyl sites for hydroxylation is 1. The fraction of sp³-hybridized carbons (Fsp3) is 0.150. The molecule has 0 aliphatic rings. The first kappa shape index (κ1) is 17.9. The van der Waals surface area contributed by atoms with E-state index in [4.69, 9.17) is 11.6 Å². The monoisotopic (exact) mass is 366 g/mol. The number of nitrogens with zero attached hydrogens (tertiary/aromatic N) is 2. The maximum Gasteiger partial charge on any atom is 0.270 e. The minimum Gasteiger partial charge on any atom is -0.366 e. The molecule has 2 N–H and O–H groups in total. The molecule has 0 saturated heterocycles. The number of hydrogen-bond donors (Lipinski definition) is 2. The van der Waals surface area contributed by atoms with Crippen LogP contribution in [0.25, 0.3) is 0 Å². The molecule has 0 spiro atoms. The lowest BCUT2D eigenvalue weighted by Crippen LogP contribution is -2.24. The van der Waals surface area contributed by atoms with Gasteiger partial charge in [0.15, 0.2) is 0 Å². The smallest absolute Gasteiger partial charge is 0.270 e. The molecule has 5 nitrogen and oxygen atoms in total. The van der Waals surface area contributed by atoms with Gasteiger partial charge in [-0.1, -0.05) is 54.1 Å². The van der Waals surface area contributed by atoms with Gasteiger partial charge in [-0.2, -0.15) is 0 Å². The quantitative estimate of drug-likeness (QED) is 0.692. The molecule has 132 valence electrons. The summed E-state index contributed by atoms with van der Waals surface area (Å²) in [5.74, 6) is 0.331. The van der Waals surface area contributed by atoms with Crippen molar-refractivity contribution in [1.29, 1.82) is 0 Å². The fourth-order valence-electron chi connectivity index (χ4n) is 2.48. The van der Waals surface area contributed by atoms with E-state index in [1.54, 1.807) is 6.07 Å². The Bertz CT molecular complexity index is 914. The maximum atomic E-state index is 12.4. The van der Waals surface area contributed by atoms with E-state index >= 15 is 0 Å². The van der Waals surface area contributed by atoms with Gasteiger partial charge in [0.1, 0.15) is 17.8 Å². The van der Waals surface area contributed by atoms with Crippen LogP contribution in [0.2, 0.25) is 5.02 Å². The molecule has 0 aliphatic carbocycles. The second-order valence-electron chi connectivity index (χ2n) is 5.84. The first-order valence-electron chi connectivity index (χ1n) is 8.25. The van der Waals surface area contributed by atoms with Gasteiger partial charge in [0.25, 0.3) is 5.91 Å². The number of anilines is 1. The van der Waals surface area contributed by atoms with Crippen molar-refractivity contribution in [2.45, 2.75) is 20.0 Å². The van der Waals surface area contributed by atoms with Crippen LogP contribution in [0.4, 0.5) is 5.82 Å². The number of nitrogens with one attached hydrogen (secondary N) is 2. The Balaban J connectivity index is 1.62. The number of amides is 1. The van der Waals surface area contributed by atoms with Crippen molar-refractivity contribution < 1.29 is 4.79 Å². The van der Waals surface area contributed by atoms with Crippen molar-refractivity contribution in [3.8, 4) is 0 Å². The Morgan fingerprint density at radius 3 is 2.50 bits per heavy atom. The summed E-state index contributed by atoms with van der Waals surface area (Å²) in [4.78, 5) is 20.6. The first-order chi connectivity index (χ1) is 12.6. The standard InChI is InChI=1S/C20H19ClN4O/c1-14-6-2-3-7-15(14)11-23-20(26)18-10-19(25-13-24-18)22-12-16-8-4-5-9-17(16)21/h2-10,13H,11-12H2,1H3,(H,23,26)(H,22,24,25). The molecule has 0 atom stereocenters. The van der Waals surface area contributed by atoms with Gasteiger partial charge in [-0.25, -0.2) is 9.97 Å². The highest BCUT2D eigenvalue weighted by molar-refractivity contribution is 6.31. The average Bonchev–Trinajstić information content (AvgIpc) is 2.67. The van der Waals surface area contributed by atoms with Crippen molar-refractivity contribution in [2.24, 2.45) is 0 Å². The highest BCUT2D eigenvalue weighted by Gasteiger charge is 2.09. The van der Waals surface area contributed by atoms with E-state index in [1.807, 2.05) is 55.5 Å². The Morgan fingerprint density at radius 1 is 1.00 bits per heavy atom. The second kappa shape index (κ2) is 8.45. The van der Waals surface area contributed by atoms with E-state index < -0.39 is 0 Å². The highest BCUT2D eigenvalue weighted by atomic mass is 35.5. The molecule has 1 aromatic heterocycles. The number of carbonyl (C=O) groups is 1. The van der Waals surface area contributed by atoms with Gasteiger partial charge >= 0.3 is 0 Å². The lowest BCUT2D eigenvalue weighted by molar-refractivity contribution is 0.0945. The predicted octanol–water partition coefficient (Wildman–Crippen LogP) is 3.98. The molecule has 3 aromatic rings. The molecule has 0 bridgehead atoms. The van der Waals surface area contributed by atoms with Crippen LogP contribution in [0.5, 0.6) is 0 Å². The van der Waals surface area contributed by atoms with E-state index in [9.17, 15) is 4.79 Å². The van der Waals surface area contributed by atoms with E-state index in [1.165, 1.54) is 6.33 Å². The molecule has 3 rings (SSSR count). The summed E-state index contributed by atoms with van der Waals surface area (Å²) in [7, 11) is 0. The Kier molecular flexibility index (Phi) is 5.81. The molecule has 0 fully saturated rings. The van der Waals surface area contributed by atoms with Gasteiger partial charge in [-0.15, -0.1) is 0 Å². The zero-order valence-corrected chi connectivity index (χ0v) is 15.1. The third kappa shape index (κ3) is 4.58. The summed E-state index contributed by atoms with van der Waals surface area (Å²) in [6, 6.07) is 17.1. The third-order valence-electron chi connectivity index (χ3n) is 4.02. The van der Waals surface area contributed by atoms with Crippen LogP contribution in [0, 0.1) is 6.92 Å². The summed E-state index contributed by atoms with van der Waals surface area (Å²) < 4.78 is 0. The number of rotatable bonds is 6. The van der Waals surface area contributed by atoms with Crippen LogP contribution in [0.1, 0.15) is 27.2 Å². The summed E-state index contributed by atoms with van der Waals surface area (Å²) in [6.45, 7) is 2.99. The lowest BCUT2D eigenvalue weighted by Gasteiger charge is -2.09. The van der Waals surface area contributed by atoms with Crippen LogP contribution < -0.4 is 10.6 Å². The van der Waals surface area contributed by atoms with Crippen molar-refractivity contribution in [3.05, 3.63) is 88.3 Å². The summed E-state index contributed by atoms with van der Waals surface area (Å²) >= 11 is 6.15. The Morgan fingerprint density at radius 2 is 1.73 bits per heavy atom. The van der Waals surface area contributed by atoms with Gasteiger partial charge in [-0.05, 0) is 29.7 Å². The molecule has 0 radical (unpaired) electrons. The van der Waals surface area contributed by atoms with Crippen LogP contribution in [-0.4, -0.2) is 15.9 Å². The van der Waals surface area contributed by atoms with Gasteiger partial charge in [0.05, 0.1) is 0 Å². The van der Waals surface area contributed by atoms with Gasteiger partial charge in [-0.3, -0.25) is 4.79 Å². The molecule has 1 heterocycles. The molecule has 1 amide bonds. The number of aromatic nitrogens is 2. The highest BCUT2D eigenvalue weighted by Crippen LogP contribution is 2.16. The second-order valence-corrected chi connectivity index (χ2v) is 6.25. The number of hydrogen-bond acceptors (Lipinski definition) is 4. The SMILES string of the molecule is Cc1ccccc1CNC(=O)c1cc(NCc2ccccc2Cl)ncn1. The molecule has 26 heavy (non-hydrogen) atoms. The molecule has 2 aromatic carbocycles. The topological polar surface area (TPSA) is 66.9 Å². The van der Waals surface area contributed by atoms with Crippen molar-refractivity contribution in [2.75, 3.05) is 5.32 Å². The van der Waals surface area contributed by atoms with E-state index in [2.05, 4.69) is 20.6 Å². The zero-order chi connectivity index (χ0) is 18.4. The van der Waals surface area contributed by atoms with Crippen LogP contribution in [0.3, 0.4) is 0 Å². The Labute approximate surface area is 157 Å². The third-order valence-corrected chi connectivity index (χ3v) is 4.39. The number of carbonyl (C=O) groups excluding carboxylic acids is 1. The first-order valence-corrected chi connectivity index (χ1v) is 8.63. The minimum absolute atomic E-state index is 0.239. The summed E-state index contributed by atoms with van der Waals surface area (Å²) in [5, 5.41) is 6.74. The fourth-order valence-corrected chi connectivity index (χ4v) is 2.68. The lowest BCUT2D eigenvalue weighted by atomic mass is 10.1. The van der Waals surface area contributed by atoms with E-state index in [0.717, 1.165) is 16.7 Å². The van der Waals surface area contributed by atoms with Gasteiger partial charge < -0.3 is 10.6 Å². The molecular formula is C20H19ClN4O. The number of halogens is 1. The average molecular weight is 367 g/mol.